The van der Waals surface area contributed by atoms with Crippen molar-refractivity contribution >= 4 is 0 Å². The Labute approximate surface area is 146 Å². The maximum Gasteiger partial charge on any atom is 0.573 e. The molecular weight excluding hydrogens is 383 g/mol. The molecule has 0 amide bonds. The molecule has 11 heteroatoms. The van der Waals surface area contributed by atoms with Gasteiger partial charge in [-0.3, -0.25) is 4.98 Å². The monoisotopic (exact) mass is 390 g/mol. The molecule has 4 nitrogen and oxygen atoms in total. The second-order valence-corrected chi connectivity index (χ2v) is 5.22. The minimum atomic E-state index is -5.04. The van der Waals surface area contributed by atoms with Crippen LogP contribution in [-0.4, -0.2) is 21.1 Å². The highest BCUT2D eigenvalue weighted by Crippen LogP contribution is 2.32. The highest BCUT2D eigenvalue weighted by Gasteiger charge is 2.32. The van der Waals surface area contributed by atoms with E-state index in [4.69, 9.17) is 0 Å². The summed E-state index contributed by atoms with van der Waals surface area (Å²) < 4.78 is 94.0. The van der Waals surface area contributed by atoms with Crippen molar-refractivity contribution in [1.29, 1.82) is 0 Å². The fourth-order valence-corrected chi connectivity index (χ4v) is 2.27. The first-order valence-electron chi connectivity index (χ1n) is 7.08. The molecule has 0 bridgehead atoms. The lowest BCUT2D eigenvalue weighted by atomic mass is 10.1. The predicted octanol–water partition coefficient (Wildman–Crippen LogP) is 4.79. The molecule has 1 radical (unpaired) electrons. The molecule has 0 atom stereocenters. The Morgan fingerprint density at radius 3 is 2.37 bits per heavy atom. The molecule has 3 aromatic rings. The van der Waals surface area contributed by atoms with Crippen LogP contribution >= 0.6 is 0 Å². The van der Waals surface area contributed by atoms with Gasteiger partial charge >= 0.3 is 12.5 Å². The Morgan fingerprint density at radius 1 is 0.963 bits per heavy atom. The van der Waals surface area contributed by atoms with E-state index in [0.29, 0.717) is 12.3 Å². The Balaban J connectivity index is 2.06. The molecule has 0 aliphatic heterocycles. The largest absolute Gasteiger partial charge is 0.573 e. The number of hydrogen-bond donors (Lipinski definition) is 0. The van der Waals surface area contributed by atoms with Gasteiger partial charge in [0.05, 0.1) is 23.1 Å². The number of rotatable bonds is 3. The van der Waals surface area contributed by atoms with E-state index in [0.717, 1.165) is 29.1 Å². The van der Waals surface area contributed by atoms with Crippen LogP contribution in [0.25, 0.3) is 16.9 Å². The molecular formula is C16H7F7N3O. The molecule has 1 aromatic carbocycles. The van der Waals surface area contributed by atoms with Gasteiger partial charge in [-0.2, -0.15) is 18.3 Å². The average molecular weight is 390 g/mol. The number of benzene rings is 1. The molecule has 0 saturated carbocycles. The van der Waals surface area contributed by atoms with Crippen LogP contribution in [0, 0.1) is 12.0 Å². The summed E-state index contributed by atoms with van der Waals surface area (Å²) in [5, 5.41) is 3.72. The molecule has 2 heterocycles. The minimum Gasteiger partial charge on any atom is -0.406 e. The van der Waals surface area contributed by atoms with Gasteiger partial charge in [-0.15, -0.1) is 13.2 Å². The van der Waals surface area contributed by atoms with Gasteiger partial charge in [0.15, 0.2) is 0 Å². The van der Waals surface area contributed by atoms with Crippen LogP contribution in [0.2, 0.25) is 0 Å². The van der Waals surface area contributed by atoms with E-state index in [1.165, 1.54) is 6.07 Å². The lowest BCUT2D eigenvalue weighted by Crippen LogP contribution is -2.17. The molecule has 3 rings (SSSR count). The quantitative estimate of drug-likeness (QED) is 0.604. The summed E-state index contributed by atoms with van der Waals surface area (Å²) in [6, 6.07) is 4.19. The van der Waals surface area contributed by atoms with Gasteiger partial charge < -0.3 is 4.74 Å². The second kappa shape index (κ2) is 6.56. The van der Waals surface area contributed by atoms with Gasteiger partial charge in [0.1, 0.15) is 17.8 Å². The van der Waals surface area contributed by atoms with Gasteiger partial charge in [0, 0.05) is 17.8 Å². The van der Waals surface area contributed by atoms with Crippen molar-refractivity contribution in [1.82, 2.24) is 14.8 Å². The maximum atomic E-state index is 13.7. The summed E-state index contributed by atoms with van der Waals surface area (Å²) in [5.41, 5.74) is -1.31. The third-order valence-electron chi connectivity index (χ3n) is 3.28. The lowest BCUT2D eigenvalue weighted by Gasteiger charge is -2.13. The fraction of sp³-hybridized carbons (Fsp3) is 0.125. The topological polar surface area (TPSA) is 39.9 Å². The summed E-state index contributed by atoms with van der Waals surface area (Å²) in [7, 11) is 0. The number of alkyl halides is 6. The Morgan fingerprint density at radius 2 is 1.70 bits per heavy atom. The van der Waals surface area contributed by atoms with E-state index in [2.05, 4.69) is 21.0 Å². The van der Waals surface area contributed by atoms with E-state index in [-0.39, 0.29) is 16.9 Å². The highest BCUT2D eigenvalue weighted by molar-refractivity contribution is 5.63. The van der Waals surface area contributed by atoms with Gasteiger partial charge in [-0.25, -0.2) is 9.07 Å². The van der Waals surface area contributed by atoms with Crippen molar-refractivity contribution in [2.45, 2.75) is 12.5 Å². The summed E-state index contributed by atoms with van der Waals surface area (Å²) in [5.74, 6) is -1.87. The Kier molecular flexibility index (Phi) is 4.54. The van der Waals surface area contributed by atoms with Crippen LogP contribution in [0.1, 0.15) is 5.56 Å². The number of pyridine rings is 1. The Bertz CT molecular complexity index is 963. The van der Waals surface area contributed by atoms with Crippen molar-refractivity contribution in [3.63, 3.8) is 0 Å². The van der Waals surface area contributed by atoms with E-state index in [1.807, 2.05) is 0 Å². The van der Waals surface area contributed by atoms with Gasteiger partial charge in [0.2, 0.25) is 0 Å². The second-order valence-electron chi connectivity index (χ2n) is 5.22. The zero-order valence-corrected chi connectivity index (χ0v) is 12.9. The van der Waals surface area contributed by atoms with Crippen LogP contribution in [0.4, 0.5) is 30.7 Å². The number of aromatic nitrogens is 3. The zero-order chi connectivity index (χ0) is 19.8. The summed E-state index contributed by atoms with van der Waals surface area (Å²) in [6.07, 6.45) is -5.67. The van der Waals surface area contributed by atoms with Crippen molar-refractivity contribution in [3.8, 4) is 22.7 Å². The molecule has 0 aliphatic rings. The van der Waals surface area contributed by atoms with E-state index >= 15 is 0 Å². The van der Waals surface area contributed by atoms with Crippen molar-refractivity contribution < 1.29 is 35.5 Å². The number of hydrogen-bond acceptors (Lipinski definition) is 3. The maximum absolute atomic E-state index is 13.7. The molecule has 0 fully saturated rings. The van der Waals surface area contributed by atoms with Crippen molar-refractivity contribution in [2.75, 3.05) is 0 Å². The number of ether oxygens (including phenoxy) is 1. The smallest absolute Gasteiger partial charge is 0.406 e. The van der Waals surface area contributed by atoms with Crippen LogP contribution in [0.5, 0.6) is 5.75 Å². The van der Waals surface area contributed by atoms with Crippen molar-refractivity contribution in [3.05, 3.63) is 60.3 Å². The van der Waals surface area contributed by atoms with Crippen LogP contribution in [-0.2, 0) is 6.18 Å². The standard InChI is InChI=1S/C16H7F7N3O/c17-11-3-9(4-13(6-11)27-16(21,22)23)14-1-2-25-26(14)12-5-10(7-24-8-12)15(18,19)20/h1,3-8H. The molecule has 0 N–H and O–H groups in total. The molecule has 2 aromatic heterocycles. The lowest BCUT2D eigenvalue weighted by molar-refractivity contribution is -0.274. The molecule has 0 saturated heterocycles. The Hall–Kier alpha value is -3.11. The van der Waals surface area contributed by atoms with Crippen molar-refractivity contribution in [2.24, 2.45) is 0 Å². The average Bonchev–Trinajstić information content (AvgIpc) is 3.01. The van der Waals surface area contributed by atoms with Gasteiger partial charge in [-0.1, -0.05) is 0 Å². The highest BCUT2D eigenvalue weighted by atomic mass is 19.4. The van der Waals surface area contributed by atoms with Crippen LogP contribution in [0.15, 0.2) is 42.7 Å². The SMILES string of the molecule is Fc1cc(OC(F)(F)F)cc(-c2c[c]nn2-c2cncc(C(F)(F)F)c2)c1. The van der Waals surface area contributed by atoms with Crippen LogP contribution in [0.3, 0.4) is 0 Å². The predicted molar refractivity (Wildman–Crippen MR) is 77.3 cm³/mol. The first-order chi connectivity index (χ1) is 12.5. The zero-order valence-electron chi connectivity index (χ0n) is 12.9. The van der Waals surface area contributed by atoms with Gasteiger partial charge in [-0.05, 0) is 24.3 Å². The third-order valence-corrected chi connectivity index (χ3v) is 3.28. The van der Waals surface area contributed by atoms with E-state index < -0.39 is 29.7 Å². The van der Waals surface area contributed by atoms with E-state index in [1.54, 1.807) is 0 Å². The molecule has 27 heavy (non-hydrogen) atoms. The molecule has 141 valence electrons. The van der Waals surface area contributed by atoms with Gasteiger partial charge in [0.25, 0.3) is 0 Å². The molecule has 0 spiro atoms. The number of nitrogens with zero attached hydrogens (tertiary/aromatic N) is 3. The van der Waals surface area contributed by atoms with E-state index in [9.17, 15) is 30.7 Å². The minimum absolute atomic E-state index is 0.0114. The third kappa shape index (κ3) is 4.36. The summed E-state index contributed by atoms with van der Waals surface area (Å²) >= 11 is 0. The molecule has 0 unspecified atom stereocenters. The summed E-state index contributed by atoms with van der Waals surface area (Å²) in [6.45, 7) is 0. The normalized spacial score (nSPS) is 12.3. The van der Waals surface area contributed by atoms with Crippen LogP contribution < -0.4 is 4.74 Å². The first kappa shape index (κ1) is 18.7. The number of halogens is 7. The molecule has 0 aliphatic carbocycles. The first-order valence-corrected chi connectivity index (χ1v) is 7.08. The fourth-order valence-electron chi connectivity index (χ4n) is 2.27. The summed E-state index contributed by atoms with van der Waals surface area (Å²) in [4.78, 5) is 3.48.